The van der Waals surface area contributed by atoms with Crippen LogP contribution in [0.15, 0.2) is 42.5 Å². The van der Waals surface area contributed by atoms with Gasteiger partial charge in [0.05, 0.1) is 12.1 Å². The van der Waals surface area contributed by atoms with Gasteiger partial charge in [-0.05, 0) is 11.6 Å². The lowest BCUT2D eigenvalue weighted by Gasteiger charge is -2.09. The van der Waals surface area contributed by atoms with E-state index in [1.807, 2.05) is 42.5 Å². The fourth-order valence-corrected chi connectivity index (χ4v) is 2.36. The van der Waals surface area contributed by atoms with Gasteiger partial charge in [-0.2, -0.15) is 0 Å². The molecule has 1 amide bonds. The zero-order valence-corrected chi connectivity index (χ0v) is 9.79. The van der Waals surface area contributed by atoms with Crippen LogP contribution in [-0.2, 0) is 11.2 Å². The Balaban J connectivity index is 2.21. The van der Waals surface area contributed by atoms with Gasteiger partial charge in [0.25, 0.3) is 0 Å². The fraction of sp³-hybridized carbons (Fsp3) is 0.0714. The molecule has 1 heterocycles. The van der Waals surface area contributed by atoms with Gasteiger partial charge < -0.3 is 5.32 Å². The maximum Gasteiger partial charge on any atom is 0.228 e. The van der Waals surface area contributed by atoms with Crippen LogP contribution in [0.5, 0.6) is 0 Å². The molecule has 0 saturated heterocycles. The fourth-order valence-electron chi connectivity index (χ4n) is 2.14. The third kappa shape index (κ3) is 1.71. The van der Waals surface area contributed by atoms with E-state index < -0.39 is 0 Å². The number of fused-ring (bicyclic) bond motifs is 1. The van der Waals surface area contributed by atoms with Crippen molar-refractivity contribution in [3.8, 4) is 11.1 Å². The normalized spacial score (nSPS) is 13.4. The Morgan fingerprint density at radius 2 is 1.82 bits per heavy atom. The van der Waals surface area contributed by atoms with E-state index in [1.165, 1.54) is 0 Å². The second kappa shape index (κ2) is 3.90. The Kier molecular flexibility index (Phi) is 2.37. The third-order valence-electron chi connectivity index (χ3n) is 2.94. The van der Waals surface area contributed by atoms with Crippen LogP contribution in [0.25, 0.3) is 11.1 Å². The first-order valence-electron chi connectivity index (χ1n) is 5.42. The summed E-state index contributed by atoms with van der Waals surface area (Å²) >= 11 is 6.10. The molecule has 84 valence electrons. The zero-order valence-electron chi connectivity index (χ0n) is 9.03. The smallest absolute Gasteiger partial charge is 0.228 e. The summed E-state index contributed by atoms with van der Waals surface area (Å²) in [7, 11) is 0. The van der Waals surface area contributed by atoms with E-state index in [4.69, 9.17) is 11.6 Å². The van der Waals surface area contributed by atoms with E-state index in [0.717, 1.165) is 22.4 Å². The number of carbonyl (C=O) groups excluding carboxylic acids is 1. The minimum Gasteiger partial charge on any atom is -0.325 e. The number of hydrogen-bond donors (Lipinski definition) is 1. The zero-order chi connectivity index (χ0) is 11.8. The predicted molar refractivity (Wildman–Crippen MR) is 69.2 cm³/mol. The van der Waals surface area contributed by atoms with E-state index >= 15 is 0 Å². The lowest BCUT2D eigenvalue weighted by molar-refractivity contribution is -0.115. The van der Waals surface area contributed by atoms with Gasteiger partial charge in [-0.15, -0.1) is 0 Å². The van der Waals surface area contributed by atoms with E-state index in [-0.39, 0.29) is 5.91 Å². The molecule has 1 aliphatic heterocycles. The van der Waals surface area contributed by atoms with E-state index in [2.05, 4.69) is 5.32 Å². The van der Waals surface area contributed by atoms with Crippen LogP contribution >= 0.6 is 11.6 Å². The lowest BCUT2D eigenvalue weighted by atomic mass is 10.0. The largest absolute Gasteiger partial charge is 0.325 e. The van der Waals surface area contributed by atoms with Gasteiger partial charge in [0.15, 0.2) is 0 Å². The molecule has 0 saturated carbocycles. The standard InChI is InChI=1S/C14H10ClNO/c15-12-7-6-10(9-4-2-1-3-5-9)14-11(12)8-13(17)16-14/h1-7H,8H2,(H,16,17). The van der Waals surface area contributed by atoms with Crippen molar-refractivity contribution in [3.63, 3.8) is 0 Å². The van der Waals surface area contributed by atoms with Crippen molar-refractivity contribution >= 4 is 23.2 Å². The van der Waals surface area contributed by atoms with Crippen molar-refractivity contribution < 1.29 is 4.79 Å². The molecule has 17 heavy (non-hydrogen) atoms. The molecule has 0 bridgehead atoms. The van der Waals surface area contributed by atoms with Crippen molar-refractivity contribution in [1.82, 2.24) is 0 Å². The number of anilines is 1. The monoisotopic (exact) mass is 243 g/mol. The summed E-state index contributed by atoms with van der Waals surface area (Å²) in [5, 5.41) is 3.53. The molecule has 2 aromatic rings. The lowest BCUT2D eigenvalue weighted by Crippen LogP contribution is -2.04. The topological polar surface area (TPSA) is 29.1 Å². The number of halogens is 1. The van der Waals surface area contributed by atoms with Gasteiger partial charge >= 0.3 is 0 Å². The van der Waals surface area contributed by atoms with Crippen LogP contribution in [-0.4, -0.2) is 5.91 Å². The molecule has 2 nitrogen and oxygen atoms in total. The summed E-state index contributed by atoms with van der Waals surface area (Å²) in [6, 6.07) is 13.8. The summed E-state index contributed by atoms with van der Waals surface area (Å²) in [5.74, 6) is 0.00489. The first-order chi connectivity index (χ1) is 8.25. The predicted octanol–water partition coefficient (Wildman–Crippen LogP) is 3.50. The molecule has 0 atom stereocenters. The highest BCUT2D eigenvalue weighted by atomic mass is 35.5. The number of nitrogens with one attached hydrogen (secondary N) is 1. The van der Waals surface area contributed by atoms with Crippen LogP contribution in [0.4, 0.5) is 5.69 Å². The minimum absolute atomic E-state index is 0.00489. The average Bonchev–Trinajstić information content (AvgIpc) is 2.73. The molecular formula is C14H10ClNO. The summed E-state index contributed by atoms with van der Waals surface area (Å²) in [6.07, 6.45) is 0.370. The Morgan fingerprint density at radius 3 is 2.59 bits per heavy atom. The SMILES string of the molecule is O=C1Cc2c(Cl)ccc(-c3ccccc3)c2N1. The van der Waals surface area contributed by atoms with Crippen molar-refractivity contribution in [1.29, 1.82) is 0 Å². The van der Waals surface area contributed by atoms with Crippen molar-refractivity contribution in [2.24, 2.45) is 0 Å². The quantitative estimate of drug-likeness (QED) is 0.816. The molecule has 1 aliphatic rings. The molecule has 3 heteroatoms. The average molecular weight is 244 g/mol. The Hall–Kier alpha value is -1.80. The van der Waals surface area contributed by atoms with Crippen LogP contribution in [0.2, 0.25) is 5.02 Å². The first-order valence-corrected chi connectivity index (χ1v) is 5.80. The van der Waals surface area contributed by atoms with Crippen LogP contribution in [0.3, 0.4) is 0 Å². The highest BCUT2D eigenvalue weighted by Gasteiger charge is 2.23. The van der Waals surface area contributed by atoms with Crippen molar-refractivity contribution in [2.75, 3.05) is 5.32 Å². The first kappa shape index (κ1) is 10.4. The van der Waals surface area contributed by atoms with Crippen LogP contribution in [0.1, 0.15) is 5.56 Å². The van der Waals surface area contributed by atoms with E-state index in [1.54, 1.807) is 0 Å². The molecular weight excluding hydrogens is 234 g/mol. The molecule has 0 unspecified atom stereocenters. The molecule has 0 fully saturated rings. The summed E-state index contributed by atoms with van der Waals surface area (Å²) in [6.45, 7) is 0. The van der Waals surface area contributed by atoms with Crippen molar-refractivity contribution in [2.45, 2.75) is 6.42 Å². The Labute approximate surface area is 104 Å². The number of amides is 1. The van der Waals surface area contributed by atoms with Gasteiger partial charge in [0.1, 0.15) is 0 Å². The number of rotatable bonds is 1. The number of benzene rings is 2. The highest BCUT2D eigenvalue weighted by Crippen LogP contribution is 2.38. The van der Waals surface area contributed by atoms with Gasteiger partial charge in [0, 0.05) is 16.1 Å². The second-order valence-electron chi connectivity index (χ2n) is 4.04. The van der Waals surface area contributed by atoms with Gasteiger partial charge in [-0.1, -0.05) is 48.0 Å². The second-order valence-corrected chi connectivity index (χ2v) is 4.45. The number of hydrogen-bond acceptors (Lipinski definition) is 1. The molecule has 3 rings (SSSR count). The minimum atomic E-state index is 0.00489. The van der Waals surface area contributed by atoms with E-state index in [0.29, 0.717) is 11.4 Å². The van der Waals surface area contributed by atoms with Crippen molar-refractivity contribution in [3.05, 3.63) is 53.1 Å². The maximum atomic E-state index is 11.5. The summed E-state index contributed by atoms with van der Waals surface area (Å²) < 4.78 is 0. The maximum absolute atomic E-state index is 11.5. The van der Waals surface area contributed by atoms with Crippen LogP contribution in [0, 0.1) is 0 Å². The van der Waals surface area contributed by atoms with Gasteiger partial charge in [0.2, 0.25) is 5.91 Å². The Morgan fingerprint density at radius 1 is 1.06 bits per heavy atom. The highest BCUT2D eigenvalue weighted by molar-refractivity contribution is 6.33. The molecule has 2 aromatic carbocycles. The Bertz CT molecular complexity index is 593. The molecule has 0 radical (unpaired) electrons. The van der Waals surface area contributed by atoms with E-state index in [9.17, 15) is 4.79 Å². The number of carbonyl (C=O) groups is 1. The summed E-state index contributed by atoms with van der Waals surface area (Å²) in [4.78, 5) is 11.5. The van der Waals surface area contributed by atoms with Gasteiger partial charge in [-0.25, -0.2) is 0 Å². The molecule has 0 aliphatic carbocycles. The van der Waals surface area contributed by atoms with Gasteiger partial charge in [-0.3, -0.25) is 4.79 Å². The third-order valence-corrected chi connectivity index (χ3v) is 3.30. The summed E-state index contributed by atoms with van der Waals surface area (Å²) in [5.41, 5.74) is 3.87. The molecule has 0 spiro atoms. The van der Waals surface area contributed by atoms with Crippen LogP contribution < -0.4 is 5.32 Å². The molecule has 1 N–H and O–H groups in total. The molecule has 0 aromatic heterocycles.